The molecule has 28 heavy (non-hydrogen) atoms. The molecule has 0 spiro atoms. The molecule has 4 heterocycles. The van der Waals surface area contributed by atoms with Crippen molar-refractivity contribution in [2.24, 2.45) is 0 Å². The van der Waals surface area contributed by atoms with Gasteiger partial charge in [-0.05, 0) is 24.6 Å². The number of aliphatic hydroxyl groups is 1. The first-order valence-corrected chi connectivity index (χ1v) is 8.81. The van der Waals surface area contributed by atoms with Crippen LogP contribution < -0.4 is 11.3 Å². The molecule has 0 unspecified atom stereocenters. The number of carbonyl (C=O) groups excluding carboxylic acids is 1. The molecule has 0 saturated carbocycles. The highest BCUT2D eigenvalue weighted by atomic mass is 19.1. The van der Waals surface area contributed by atoms with Gasteiger partial charge in [-0.1, -0.05) is 6.92 Å². The summed E-state index contributed by atoms with van der Waals surface area (Å²) in [4.78, 5) is 29.7. The number of aromatic nitrogens is 2. The Morgan fingerprint density at radius 2 is 2.21 bits per heavy atom. The maximum absolute atomic E-state index is 13.9. The predicted octanol–water partition coefficient (Wildman–Crippen LogP) is 1.80. The average molecular weight is 383 g/mol. The van der Waals surface area contributed by atoms with E-state index in [9.17, 15) is 19.1 Å². The van der Waals surface area contributed by atoms with Crippen molar-refractivity contribution in [1.29, 1.82) is 0 Å². The summed E-state index contributed by atoms with van der Waals surface area (Å²) in [6.45, 7) is 1.50. The van der Waals surface area contributed by atoms with E-state index in [4.69, 9.17) is 11.8 Å². The second kappa shape index (κ2) is 5.39. The van der Waals surface area contributed by atoms with Gasteiger partial charge in [-0.15, -0.1) is 0 Å². The van der Waals surface area contributed by atoms with Crippen molar-refractivity contribution in [3.05, 3.63) is 57.1 Å². The molecule has 0 aliphatic carbocycles. The molecule has 5 rings (SSSR count). The topological polar surface area (TPSA) is 107 Å². The third-order valence-electron chi connectivity index (χ3n) is 5.52. The Kier molecular flexibility index (Phi) is 3.03. The number of carbonyl (C=O) groups is 1. The van der Waals surface area contributed by atoms with Crippen LogP contribution in [0.5, 0.6) is 0 Å². The lowest BCUT2D eigenvalue weighted by Gasteiger charge is -2.31. The monoisotopic (exact) mass is 383 g/mol. The van der Waals surface area contributed by atoms with Crippen LogP contribution in [0.2, 0.25) is 0 Å². The number of hydrogen-bond donors (Lipinski definition) is 2. The summed E-state index contributed by atoms with van der Waals surface area (Å²) >= 11 is 0. The van der Waals surface area contributed by atoms with Crippen LogP contribution in [0.1, 0.15) is 31.4 Å². The normalized spacial score (nSPS) is 20.4. The van der Waals surface area contributed by atoms with Gasteiger partial charge in [0.05, 0.1) is 36.1 Å². The van der Waals surface area contributed by atoms with E-state index >= 15 is 0 Å². The Hall–Kier alpha value is -3.26. The quantitative estimate of drug-likeness (QED) is 0.383. The number of pyridine rings is 2. The molecule has 8 heteroatoms. The van der Waals surface area contributed by atoms with Crippen LogP contribution in [-0.4, -0.2) is 20.6 Å². The molecule has 1 atom stereocenters. The van der Waals surface area contributed by atoms with Crippen molar-refractivity contribution in [2.75, 3.05) is 5.73 Å². The maximum atomic E-state index is 13.9. The number of nitrogens with two attached hydrogens (primary N) is 1. The molecule has 2 aliphatic rings. The highest BCUT2D eigenvalue weighted by molar-refractivity contribution is 5.87. The van der Waals surface area contributed by atoms with Gasteiger partial charge in [0.15, 0.2) is 5.60 Å². The number of ether oxygens (including phenoxy) is 1. The minimum Gasteiger partial charge on any atom is -0.458 e. The molecule has 1 aromatic carbocycles. The number of nitrogens with zero attached hydrogens (tertiary/aromatic N) is 2. The highest BCUT2D eigenvalue weighted by Gasteiger charge is 2.45. The standard InChI is InChI=1S/C20H16FN3O4/c1-2-20(27)12-5-16-17-10(3-9-4-14(22)13(21)6-15(9)23-17)7-24(16)18(25)11(12)8-28-19(20)26/h3-6,27H,2,7-8,22H2,1H3/t20-/m0/s1/i3T. The number of nitrogen functional groups attached to an aromatic ring is 1. The van der Waals surface area contributed by atoms with Gasteiger partial charge < -0.3 is 20.1 Å². The van der Waals surface area contributed by atoms with Gasteiger partial charge in [0.1, 0.15) is 12.4 Å². The highest BCUT2D eigenvalue weighted by Crippen LogP contribution is 2.38. The van der Waals surface area contributed by atoms with Crippen LogP contribution in [0.3, 0.4) is 0 Å². The fraction of sp³-hybridized carbons (Fsp3) is 0.250. The Morgan fingerprint density at radius 1 is 1.43 bits per heavy atom. The summed E-state index contributed by atoms with van der Waals surface area (Å²) in [6, 6.07) is 4.18. The van der Waals surface area contributed by atoms with Crippen LogP contribution in [-0.2, 0) is 28.3 Å². The Balaban J connectivity index is 1.83. The number of hydrogen-bond acceptors (Lipinski definition) is 6. The summed E-state index contributed by atoms with van der Waals surface area (Å²) in [5.74, 6) is -1.45. The zero-order valence-corrected chi connectivity index (χ0v) is 14.9. The van der Waals surface area contributed by atoms with Gasteiger partial charge >= 0.3 is 5.97 Å². The molecule has 2 aliphatic heterocycles. The van der Waals surface area contributed by atoms with E-state index in [0.717, 1.165) is 6.07 Å². The molecular weight excluding hydrogens is 365 g/mol. The molecule has 0 bridgehead atoms. The third-order valence-corrected chi connectivity index (χ3v) is 5.52. The Bertz CT molecular complexity index is 1320. The van der Waals surface area contributed by atoms with E-state index in [1.807, 2.05) is 0 Å². The molecule has 2 aromatic heterocycles. The Labute approximate surface area is 159 Å². The lowest BCUT2D eigenvalue weighted by molar-refractivity contribution is -0.172. The van der Waals surface area contributed by atoms with Gasteiger partial charge in [0.25, 0.3) is 5.56 Å². The van der Waals surface area contributed by atoms with Crippen molar-refractivity contribution >= 4 is 22.6 Å². The second-order valence-electron chi connectivity index (χ2n) is 7.06. The van der Waals surface area contributed by atoms with Crippen molar-refractivity contribution in [2.45, 2.75) is 32.1 Å². The maximum Gasteiger partial charge on any atom is 0.343 e. The number of fused-ring (bicyclic) bond motifs is 5. The lowest BCUT2D eigenvalue weighted by Crippen LogP contribution is -2.44. The number of anilines is 1. The van der Waals surface area contributed by atoms with E-state index in [2.05, 4.69) is 4.98 Å². The number of rotatable bonds is 1. The molecule has 3 aromatic rings. The SMILES string of the molecule is [3H]c1c2c(nc3cc(F)c(N)cc13)-c1cc3c(c(=O)n1C2)COC(=O)[C@]3(O)CC. The molecule has 7 nitrogen and oxygen atoms in total. The van der Waals surface area contributed by atoms with Crippen LogP contribution in [0.25, 0.3) is 22.3 Å². The van der Waals surface area contributed by atoms with Crippen molar-refractivity contribution in [1.82, 2.24) is 9.55 Å². The minimum absolute atomic E-state index is 0.0356. The van der Waals surface area contributed by atoms with E-state index in [0.29, 0.717) is 22.3 Å². The zero-order valence-electron chi connectivity index (χ0n) is 15.9. The Morgan fingerprint density at radius 3 is 2.96 bits per heavy atom. The molecule has 0 saturated heterocycles. The van der Waals surface area contributed by atoms with Crippen LogP contribution in [0, 0.1) is 5.82 Å². The number of esters is 1. The summed E-state index contributed by atoms with van der Waals surface area (Å²) < 4.78 is 28.9. The van der Waals surface area contributed by atoms with Crippen molar-refractivity contribution in [3.8, 4) is 11.4 Å². The van der Waals surface area contributed by atoms with E-state index in [-0.39, 0.29) is 47.9 Å². The van der Waals surface area contributed by atoms with Crippen LogP contribution in [0.4, 0.5) is 10.1 Å². The summed E-state index contributed by atoms with van der Waals surface area (Å²) in [5, 5.41) is 11.2. The fourth-order valence-electron chi connectivity index (χ4n) is 3.92. The summed E-state index contributed by atoms with van der Waals surface area (Å²) in [5.41, 5.74) is 5.07. The number of halogens is 1. The van der Waals surface area contributed by atoms with Gasteiger partial charge in [-0.25, -0.2) is 14.2 Å². The largest absolute Gasteiger partial charge is 0.458 e. The molecular formula is C20H16FN3O4. The first-order chi connectivity index (χ1) is 13.8. The first kappa shape index (κ1) is 15.8. The van der Waals surface area contributed by atoms with Crippen LogP contribution in [0.15, 0.2) is 29.0 Å². The van der Waals surface area contributed by atoms with Gasteiger partial charge in [-0.3, -0.25) is 4.79 Å². The minimum atomic E-state index is -1.92. The molecule has 142 valence electrons. The number of cyclic esters (lactones) is 1. The van der Waals surface area contributed by atoms with Crippen molar-refractivity contribution in [3.63, 3.8) is 0 Å². The lowest BCUT2D eigenvalue weighted by atomic mass is 9.86. The van der Waals surface area contributed by atoms with E-state index < -0.39 is 22.9 Å². The van der Waals surface area contributed by atoms with Gasteiger partial charge in [0, 0.05) is 22.6 Å². The third kappa shape index (κ3) is 2.03. The van der Waals surface area contributed by atoms with Crippen molar-refractivity contribution < 1.29 is 20.4 Å². The molecule has 0 fully saturated rings. The van der Waals surface area contributed by atoms with E-state index in [1.165, 1.54) is 10.6 Å². The predicted molar refractivity (Wildman–Crippen MR) is 98.9 cm³/mol. The average Bonchev–Trinajstić information content (AvgIpc) is 3.06. The van der Waals surface area contributed by atoms with Gasteiger partial charge in [-0.2, -0.15) is 0 Å². The van der Waals surface area contributed by atoms with E-state index in [1.54, 1.807) is 13.0 Å². The first-order valence-electron chi connectivity index (χ1n) is 9.31. The summed E-state index contributed by atoms with van der Waals surface area (Å²) in [7, 11) is 0. The summed E-state index contributed by atoms with van der Waals surface area (Å²) in [6.07, 6.45) is 0.0356. The fourth-order valence-corrected chi connectivity index (χ4v) is 3.92. The van der Waals surface area contributed by atoms with Crippen LogP contribution >= 0.6 is 0 Å². The van der Waals surface area contributed by atoms with Gasteiger partial charge in [0.2, 0.25) is 0 Å². The molecule has 0 radical (unpaired) electrons. The molecule has 3 N–H and O–H groups in total. The number of benzene rings is 1. The second-order valence-corrected chi connectivity index (χ2v) is 7.06. The zero-order chi connectivity index (χ0) is 20.7. The molecule has 0 amide bonds. The smallest absolute Gasteiger partial charge is 0.343 e.